The molecular weight excluding hydrogens is 371 g/mol. The van der Waals surface area contributed by atoms with Crippen LogP contribution < -0.4 is 10.5 Å². The average Bonchev–Trinajstić information content (AvgIpc) is 2.67. The molecule has 0 radical (unpaired) electrons. The minimum atomic E-state index is -4.51. The number of carbonyl (C=O) groups excluding carboxylic acids is 1. The van der Waals surface area contributed by atoms with E-state index in [9.17, 15) is 18.0 Å². The summed E-state index contributed by atoms with van der Waals surface area (Å²) in [5, 5.41) is 0. The zero-order valence-electron chi connectivity index (χ0n) is 14.8. The van der Waals surface area contributed by atoms with Crippen LogP contribution in [0.25, 0.3) is 11.1 Å². The standard InChI is InChI=1S/C20H16F3N3O2/c1-2-12-5-13(3-4-18(12)19(24)27)14-6-16(10-25-8-14)28-17-7-15(9-26-11-17)20(21,22)23/h3-11H,2H2,1H3,(H2,24,27). The van der Waals surface area contributed by atoms with Crippen LogP contribution in [0.3, 0.4) is 0 Å². The molecule has 2 heterocycles. The number of nitrogens with two attached hydrogens (primary N) is 1. The van der Waals surface area contributed by atoms with Crippen molar-refractivity contribution in [2.24, 2.45) is 5.73 Å². The number of aryl methyl sites for hydroxylation is 1. The van der Waals surface area contributed by atoms with Gasteiger partial charge in [0.25, 0.3) is 0 Å². The molecule has 3 rings (SSSR count). The number of ether oxygens (including phenoxy) is 1. The Bertz CT molecular complexity index is 1020. The molecule has 0 atom stereocenters. The van der Waals surface area contributed by atoms with Crippen molar-refractivity contribution in [3.8, 4) is 22.6 Å². The molecule has 0 saturated heterocycles. The fraction of sp³-hybridized carbons (Fsp3) is 0.150. The number of hydrogen-bond acceptors (Lipinski definition) is 4. The number of rotatable bonds is 5. The van der Waals surface area contributed by atoms with E-state index in [1.807, 2.05) is 13.0 Å². The first kappa shape index (κ1) is 19.3. The molecule has 28 heavy (non-hydrogen) atoms. The highest BCUT2D eigenvalue weighted by Crippen LogP contribution is 2.32. The van der Waals surface area contributed by atoms with Crippen LogP contribution in [-0.4, -0.2) is 15.9 Å². The van der Waals surface area contributed by atoms with Crippen molar-refractivity contribution in [2.45, 2.75) is 19.5 Å². The van der Waals surface area contributed by atoms with Crippen molar-refractivity contribution in [1.82, 2.24) is 9.97 Å². The number of amides is 1. The molecule has 0 aliphatic heterocycles. The molecule has 0 aliphatic rings. The number of carbonyl (C=O) groups is 1. The summed E-state index contributed by atoms with van der Waals surface area (Å²) in [6, 6.07) is 7.71. The normalized spacial score (nSPS) is 11.3. The van der Waals surface area contributed by atoms with E-state index >= 15 is 0 Å². The Kier molecular flexibility index (Phi) is 5.30. The molecule has 0 unspecified atom stereocenters. The number of halogens is 3. The number of aromatic nitrogens is 2. The Morgan fingerprint density at radius 2 is 1.68 bits per heavy atom. The van der Waals surface area contributed by atoms with Gasteiger partial charge in [0.2, 0.25) is 5.91 Å². The van der Waals surface area contributed by atoms with Crippen LogP contribution >= 0.6 is 0 Å². The molecule has 0 fully saturated rings. The molecule has 1 amide bonds. The second kappa shape index (κ2) is 7.67. The molecule has 3 aromatic rings. The van der Waals surface area contributed by atoms with Crippen LogP contribution in [0, 0.1) is 0 Å². The molecule has 8 heteroatoms. The maximum atomic E-state index is 12.8. The first-order chi connectivity index (χ1) is 13.3. The Labute approximate surface area is 159 Å². The second-order valence-corrected chi connectivity index (χ2v) is 6.01. The highest BCUT2D eigenvalue weighted by Gasteiger charge is 2.31. The van der Waals surface area contributed by atoms with Gasteiger partial charge in [-0.05, 0) is 35.7 Å². The Balaban J connectivity index is 1.90. The van der Waals surface area contributed by atoms with E-state index in [4.69, 9.17) is 10.5 Å². The van der Waals surface area contributed by atoms with E-state index < -0.39 is 17.6 Å². The molecule has 2 N–H and O–H groups in total. The van der Waals surface area contributed by atoms with Crippen LogP contribution in [-0.2, 0) is 12.6 Å². The van der Waals surface area contributed by atoms with Crippen LogP contribution in [0.1, 0.15) is 28.4 Å². The van der Waals surface area contributed by atoms with E-state index in [-0.39, 0.29) is 11.5 Å². The quantitative estimate of drug-likeness (QED) is 0.693. The lowest BCUT2D eigenvalue weighted by atomic mass is 9.98. The molecule has 0 spiro atoms. The summed E-state index contributed by atoms with van der Waals surface area (Å²) in [4.78, 5) is 19.1. The van der Waals surface area contributed by atoms with E-state index in [0.717, 1.165) is 23.4 Å². The molecule has 5 nitrogen and oxygen atoms in total. The largest absolute Gasteiger partial charge is 0.454 e. The number of alkyl halides is 3. The van der Waals surface area contributed by atoms with Crippen molar-refractivity contribution >= 4 is 5.91 Å². The third-order valence-electron chi connectivity index (χ3n) is 4.07. The highest BCUT2D eigenvalue weighted by molar-refractivity contribution is 5.95. The van der Waals surface area contributed by atoms with Gasteiger partial charge in [-0.3, -0.25) is 14.8 Å². The number of benzene rings is 1. The summed E-state index contributed by atoms with van der Waals surface area (Å²) < 4.78 is 43.9. The van der Waals surface area contributed by atoms with Crippen molar-refractivity contribution in [3.05, 3.63) is 71.8 Å². The van der Waals surface area contributed by atoms with Crippen LogP contribution in [0.15, 0.2) is 55.1 Å². The number of nitrogens with zero attached hydrogens (tertiary/aromatic N) is 2. The predicted molar refractivity (Wildman–Crippen MR) is 96.9 cm³/mol. The zero-order chi connectivity index (χ0) is 20.3. The van der Waals surface area contributed by atoms with E-state index in [0.29, 0.717) is 17.5 Å². The lowest BCUT2D eigenvalue weighted by Gasteiger charge is -2.11. The van der Waals surface area contributed by atoms with Gasteiger partial charge in [-0.15, -0.1) is 0 Å². The lowest BCUT2D eigenvalue weighted by molar-refractivity contribution is -0.137. The summed E-state index contributed by atoms with van der Waals surface area (Å²) >= 11 is 0. The summed E-state index contributed by atoms with van der Waals surface area (Å²) in [5.74, 6) is -0.293. The second-order valence-electron chi connectivity index (χ2n) is 6.01. The van der Waals surface area contributed by atoms with Crippen molar-refractivity contribution < 1.29 is 22.7 Å². The maximum absolute atomic E-state index is 12.8. The smallest absolute Gasteiger partial charge is 0.418 e. The molecule has 1 aromatic carbocycles. The van der Waals surface area contributed by atoms with Gasteiger partial charge in [-0.2, -0.15) is 13.2 Å². The van der Waals surface area contributed by atoms with Gasteiger partial charge in [0.15, 0.2) is 0 Å². The highest BCUT2D eigenvalue weighted by atomic mass is 19.4. The topological polar surface area (TPSA) is 78.1 Å². The predicted octanol–water partition coefficient (Wildman–Crippen LogP) is 4.62. The molecule has 2 aromatic heterocycles. The summed E-state index contributed by atoms with van der Waals surface area (Å²) in [7, 11) is 0. The Morgan fingerprint density at radius 3 is 2.32 bits per heavy atom. The number of hydrogen-bond donors (Lipinski definition) is 1. The van der Waals surface area contributed by atoms with Gasteiger partial charge in [0.05, 0.1) is 18.0 Å². The van der Waals surface area contributed by atoms with Crippen LogP contribution in [0.5, 0.6) is 11.5 Å². The van der Waals surface area contributed by atoms with Crippen molar-refractivity contribution in [2.75, 3.05) is 0 Å². The summed E-state index contributed by atoms with van der Waals surface area (Å²) in [6.45, 7) is 1.91. The van der Waals surface area contributed by atoms with Crippen LogP contribution in [0.4, 0.5) is 13.2 Å². The SMILES string of the molecule is CCc1cc(-c2cncc(Oc3cncc(C(F)(F)F)c3)c2)ccc1C(N)=O. The number of pyridine rings is 2. The fourth-order valence-corrected chi connectivity index (χ4v) is 2.70. The average molecular weight is 387 g/mol. The van der Waals surface area contributed by atoms with Gasteiger partial charge in [0.1, 0.15) is 11.5 Å². The van der Waals surface area contributed by atoms with E-state index in [1.54, 1.807) is 24.4 Å². The van der Waals surface area contributed by atoms with Gasteiger partial charge < -0.3 is 10.5 Å². The van der Waals surface area contributed by atoms with Crippen LogP contribution in [0.2, 0.25) is 0 Å². The molecule has 0 aliphatic carbocycles. The minimum Gasteiger partial charge on any atom is -0.454 e. The summed E-state index contributed by atoms with van der Waals surface area (Å²) in [6.07, 6.45) is 1.02. The fourth-order valence-electron chi connectivity index (χ4n) is 2.70. The zero-order valence-corrected chi connectivity index (χ0v) is 14.8. The van der Waals surface area contributed by atoms with E-state index in [2.05, 4.69) is 9.97 Å². The lowest BCUT2D eigenvalue weighted by Crippen LogP contribution is -2.13. The first-order valence-corrected chi connectivity index (χ1v) is 8.36. The Hall–Kier alpha value is -3.42. The Morgan fingerprint density at radius 1 is 1.00 bits per heavy atom. The van der Waals surface area contributed by atoms with Gasteiger partial charge in [0, 0.05) is 23.5 Å². The molecule has 0 bridgehead atoms. The first-order valence-electron chi connectivity index (χ1n) is 8.36. The van der Waals surface area contributed by atoms with Gasteiger partial charge in [-0.1, -0.05) is 19.1 Å². The minimum absolute atomic E-state index is 0.0490. The van der Waals surface area contributed by atoms with Crippen molar-refractivity contribution in [3.63, 3.8) is 0 Å². The molecule has 0 saturated carbocycles. The monoisotopic (exact) mass is 387 g/mol. The van der Waals surface area contributed by atoms with Gasteiger partial charge in [-0.25, -0.2) is 0 Å². The summed E-state index contributed by atoms with van der Waals surface area (Å²) in [5.41, 5.74) is 7.17. The van der Waals surface area contributed by atoms with Gasteiger partial charge >= 0.3 is 6.18 Å². The molecule has 144 valence electrons. The maximum Gasteiger partial charge on any atom is 0.418 e. The number of primary amides is 1. The van der Waals surface area contributed by atoms with Crippen molar-refractivity contribution in [1.29, 1.82) is 0 Å². The molecular formula is C20H16F3N3O2. The van der Waals surface area contributed by atoms with E-state index in [1.165, 1.54) is 12.4 Å². The third kappa shape index (κ3) is 4.28. The third-order valence-corrected chi connectivity index (χ3v) is 4.07.